The maximum Gasteiger partial charge on any atom is 0.0118 e. The predicted molar refractivity (Wildman–Crippen MR) is 56.4 cm³/mol. The Hall–Kier alpha value is -0.0400. The van der Waals surface area contributed by atoms with Crippen LogP contribution in [0.5, 0.6) is 0 Å². The van der Waals surface area contributed by atoms with E-state index >= 15 is 0 Å². The minimum atomic E-state index is 0.363. The van der Waals surface area contributed by atoms with Gasteiger partial charge in [0.15, 0.2) is 0 Å². The Kier molecular flexibility index (Phi) is 3.77. The van der Waals surface area contributed by atoms with Crippen molar-refractivity contribution in [3.63, 3.8) is 0 Å². The fourth-order valence-electron chi connectivity index (χ4n) is 1.45. The molecular weight excluding hydrogens is 146 g/mol. The summed E-state index contributed by atoms with van der Waals surface area (Å²) in [6.45, 7) is 13.8. The van der Waals surface area contributed by atoms with Gasteiger partial charge in [0.05, 0.1) is 0 Å². The zero-order valence-corrected chi connectivity index (χ0v) is 9.78. The van der Waals surface area contributed by atoms with E-state index in [0.29, 0.717) is 16.9 Å². The average molecular weight is 171 g/mol. The van der Waals surface area contributed by atoms with Gasteiger partial charge in [-0.1, -0.05) is 41.5 Å². The normalized spacial score (nSPS) is 16.2. The van der Waals surface area contributed by atoms with Crippen LogP contribution in [0.15, 0.2) is 0 Å². The Balaban J connectivity index is 4.20. The lowest BCUT2D eigenvalue weighted by atomic mass is 9.77. The van der Waals surface area contributed by atoms with Crippen LogP contribution in [0.4, 0.5) is 0 Å². The highest BCUT2D eigenvalue weighted by molar-refractivity contribution is 4.83. The lowest BCUT2D eigenvalue weighted by Crippen LogP contribution is -2.40. The van der Waals surface area contributed by atoms with Crippen LogP contribution in [-0.4, -0.2) is 13.1 Å². The number of hydrogen-bond acceptors (Lipinski definition) is 1. The maximum absolute atomic E-state index is 3.40. The molecule has 1 unspecified atom stereocenters. The quantitative estimate of drug-likeness (QED) is 0.673. The molecule has 0 heterocycles. The fraction of sp³-hybridized carbons (Fsp3) is 1.00. The molecule has 1 nitrogen and oxygen atoms in total. The lowest BCUT2D eigenvalue weighted by Gasteiger charge is -2.35. The zero-order valence-electron chi connectivity index (χ0n) is 9.78. The van der Waals surface area contributed by atoms with E-state index in [2.05, 4.69) is 53.9 Å². The zero-order chi connectivity index (χ0) is 9.99. The van der Waals surface area contributed by atoms with E-state index in [4.69, 9.17) is 0 Å². The van der Waals surface area contributed by atoms with Crippen molar-refractivity contribution in [3.05, 3.63) is 0 Å². The van der Waals surface area contributed by atoms with E-state index in [9.17, 15) is 0 Å². The van der Waals surface area contributed by atoms with Crippen LogP contribution in [0, 0.1) is 10.8 Å². The summed E-state index contributed by atoms with van der Waals surface area (Å²) >= 11 is 0. The Morgan fingerprint density at radius 3 is 1.50 bits per heavy atom. The molecule has 0 bridgehead atoms. The second-order valence-electron chi connectivity index (χ2n) is 5.97. The minimum absolute atomic E-state index is 0.363. The smallest absolute Gasteiger partial charge is 0.0118 e. The molecule has 0 saturated carbocycles. The van der Waals surface area contributed by atoms with E-state index in [1.54, 1.807) is 0 Å². The lowest BCUT2D eigenvalue weighted by molar-refractivity contribution is 0.203. The van der Waals surface area contributed by atoms with Crippen molar-refractivity contribution in [1.29, 1.82) is 0 Å². The van der Waals surface area contributed by atoms with E-state index in [-0.39, 0.29) is 0 Å². The molecule has 0 aliphatic carbocycles. The van der Waals surface area contributed by atoms with Crippen molar-refractivity contribution in [2.75, 3.05) is 7.05 Å². The summed E-state index contributed by atoms with van der Waals surface area (Å²) in [5, 5.41) is 3.40. The van der Waals surface area contributed by atoms with Crippen LogP contribution >= 0.6 is 0 Å². The molecule has 1 heteroatoms. The third-order valence-corrected chi connectivity index (χ3v) is 2.21. The van der Waals surface area contributed by atoms with Gasteiger partial charge in [0.1, 0.15) is 0 Å². The number of nitrogens with one attached hydrogen (secondary N) is 1. The molecule has 0 spiro atoms. The molecule has 0 aromatic carbocycles. The first-order valence-electron chi connectivity index (χ1n) is 4.84. The van der Waals surface area contributed by atoms with E-state index < -0.39 is 0 Å². The summed E-state index contributed by atoms with van der Waals surface area (Å²) in [7, 11) is 2.06. The summed E-state index contributed by atoms with van der Waals surface area (Å²) < 4.78 is 0. The van der Waals surface area contributed by atoms with Crippen LogP contribution in [0.2, 0.25) is 0 Å². The molecule has 0 rings (SSSR count). The summed E-state index contributed by atoms with van der Waals surface area (Å²) in [5.74, 6) is 0. The second-order valence-corrected chi connectivity index (χ2v) is 5.97. The minimum Gasteiger partial charge on any atom is -0.316 e. The largest absolute Gasteiger partial charge is 0.316 e. The van der Waals surface area contributed by atoms with Gasteiger partial charge in [-0.2, -0.15) is 0 Å². The van der Waals surface area contributed by atoms with Gasteiger partial charge < -0.3 is 5.32 Å². The molecule has 74 valence electrons. The highest BCUT2D eigenvalue weighted by Crippen LogP contribution is 2.29. The summed E-state index contributed by atoms with van der Waals surface area (Å²) in [5.41, 5.74) is 0.781. The monoisotopic (exact) mass is 171 g/mol. The van der Waals surface area contributed by atoms with Crippen molar-refractivity contribution >= 4 is 0 Å². The predicted octanol–water partition coefficient (Wildman–Crippen LogP) is 3.06. The molecule has 1 atom stereocenters. The van der Waals surface area contributed by atoms with Gasteiger partial charge in [-0.15, -0.1) is 0 Å². The van der Waals surface area contributed by atoms with Crippen LogP contribution in [0.1, 0.15) is 48.0 Å². The molecule has 0 amide bonds. The van der Waals surface area contributed by atoms with Crippen LogP contribution in [0.3, 0.4) is 0 Å². The Bertz CT molecular complexity index is 125. The Labute approximate surface area is 77.9 Å². The maximum atomic E-state index is 3.40. The first kappa shape index (κ1) is 12.0. The molecule has 12 heavy (non-hydrogen) atoms. The van der Waals surface area contributed by atoms with Crippen molar-refractivity contribution in [1.82, 2.24) is 5.32 Å². The van der Waals surface area contributed by atoms with Crippen LogP contribution in [0.25, 0.3) is 0 Å². The first-order valence-corrected chi connectivity index (χ1v) is 4.84. The van der Waals surface area contributed by atoms with Crippen LogP contribution in [-0.2, 0) is 0 Å². The molecular formula is C11H25N. The summed E-state index contributed by atoms with van der Waals surface area (Å²) in [6.07, 6.45) is 1.23. The SMILES string of the molecule is CNC(CC(C)(C)C)C(C)(C)C. The molecule has 1 N–H and O–H groups in total. The Morgan fingerprint density at radius 2 is 1.42 bits per heavy atom. The topological polar surface area (TPSA) is 12.0 Å². The van der Waals surface area contributed by atoms with Gasteiger partial charge in [0, 0.05) is 6.04 Å². The second kappa shape index (κ2) is 3.78. The molecule has 0 fully saturated rings. The van der Waals surface area contributed by atoms with Gasteiger partial charge >= 0.3 is 0 Å². The first-order chi connectivity index (χ1) is 5.17. The van der Waals surface area contributed by atoms with Crippen molar-refractivity contribution in [2.24, 2.45) is 10.8 Å². The number of hydrogen-bond donors (Lipinski definition) is 1. The van der Waals surface area contributed by atoms with E-state index in [0.717, 1.165) is 0 Å². The molecule has 0 radical (unpaired) electrons. The summed E-state index contributed by atoms with van der Waals surface area (Å²) in [6, 6.07) is 0.609. The van der Waals surface area contributed by atoms with Crippen LogP contribution < -0.4 is 5.32 Å². The molecule has 0 aliphatic rings. The van der Waals surface area contributed by atoms with Gasteiger partial charge in [-0.3, -0.25) is 0 Å². The van der Waals surface area contributed by atoms with Gasteiger partial charge in [-0.05, 0) is 24.3 Å². The highest BCUT2D eigenvalue weighted by Gasteiger charge is 2.27. The molecule has 0 aliphatic heterocycles. The van der Waals surface area contributed by atoms with E-state index in [1.807, 2.05) is 0 Å². The van der Waals surface area contributed by atoms with Gasteiger partial charge in [0.2, 0.25) is 0 Å². The van der Waals surface area contributed by atoms with E-state index in [1.165, 1.54) is 6.42 Å². The van der Waals surface area contributed by atoms with Crippen molar-refractivity contribution in [3.8, 4) is 0 Å². The average Bonchev–Trinajstić information content (AvgIpc) is 1.78. The highest BCUT2D eigenvalue weighted by atomic mass is 14.9. The van der Waals surface area contributed by atoms with Crippen molar-refractivity contribution in [2.45, 2.75) is 54.0 Å². The molecule has 0 aromatic rings. The standard InChI is InChI=1S/C11H25N/c1-10(2,3)8-9(12-7)11(4,5)6/h9,12H,8H2,1-7H3. The third kappa shape index (κ3) is 4.76. The van der Waals surface area contributed by atoms with Gasteiger partial charge in [0.25, 0.3) is 0 Å². The van der Waals surface area contributed by atoms with Crippen molar-refractivity contribution < 1.29 is 0 Å². The molecule has 0 saturated heterocycles. The van der Waals surface area contributed by atoms with Gasteiger partial charge in [-0.25, -0.2) is 0 Å². The number of rotatable bonds is 2. The molecule has 0 aromatic heterocycles. The Morgan fingerprint density at radius 1 is 1.00 bits per heavy atom. The summed E-state index contributed by atoms with van der Waals surface area (Å²) in [4.78, 5) is 0. The third-order valence-electron chi connectivity index (χ3n) is 2.21. The fourth-order valence-corrected chi connectivity index (χ4v) is 1.45.